The minimum absolute atomic E-state index is 0.107. The molecule has 2 amide bonds. The molecule has 2 aromatic rings. The third kappa shape index (κ3) is 5.68. The number of thiophene rings is 1. The maximum absolute atomic E-state index is 12.5. The molecule has 1 aromatic heterocycles. The smallest absolute Gasteiger partial charge is 0.252 e. The van der Waals surface area contributed by atoms with E-state index in [1.807, 2.05) is 18.2 Å². The fourth-order valence-electron chi connectivity index (χ4n) is 3.39. The number of piperazine rings is 1. The van der Waals surface area contributed by atoms with Gasteiger partial charge in [-0.3, -0.25) is 9.59 Å². The van der Waals surface area contributed by atoms with Crippen LogP contribution in [-0.2, 0) is 26.0 Å². The molecular formula is C21H27N3O4S2. The van der Waals surface area contributed by atoms with Gasteiger partial charge in [0.25, 0.3) is 10.0 Å². The molecule has 2 heterocycles. The highest BCUT2D eigenvalue weighted by molar-refractivity contribution is 7.91. The summed E-state index contributed by atoms with van der Waals surface area (Å²) >= 11 is 1.13. The van der Waals surface area contributed by atoms with Crippen LogP contribution in [0.15, 0.2) is 52.1 Å². The fraction of sp³-hybridized carbons (Fsp3) is 0.429. The summed E-state index contributed by atoms with van der Waals surface area (Å²) in [7, 11) is -2.23. The number of nitrogens with zero attached hydrogens (tertiary/aromatic N) is 3. The molecule has 0 aliphatic carbocycles. The van der Waals surface area contributed by atoms with Crippen molar-refractivity contribution in [1.82, 2.24) is 14.1 Å². The molecule has 0 bridgehead atoms. The Morgan fingerprint density at radius 2 is 1.60 bits per heavy atom. The zero-order valence-electron chi connectivity index (χ0n) is 17.1. The van der Waals surface area contributed by atoms with Gasteiger partial charge in [-0.25, -0.2) is 8.42 Å². The Bertz CT molecular complexity index is 938. The molecule has 30 heavy (non-hydrogen) atoms. The molecular weight excluding hydrogens is 422 g/mol. The lowest BCUT2D eigenvalue weighted by Gasteiger charge is -2.35. The quantitative estimate of drug-likeness (QED) is 0.618. The Hall–Kier alpha value is -2.23. The van der Waals surface area contributed by atoms with E-state index in [4.69, 9.17) is 0 Å². The van der Waals surface area contributed by atoms with Gasteiger partial charge in [0.05, 0.1) is 6.54 Å². The average Bonchev–Trinajstić information content (AvgIpc) is 3.30. The van der Waals surface area contributed by atoms with E-state index >= 15 is 0 Å². The standard InChI is InChI=1S/C21H27N3O4S2/c1-22(30(27,28)21-11-6-16-29-21)17-20(26)24-14-12-23(13-15-24)19(25)10-5-9-18-7-3-2-4-8-18/h2-4,6-8,11,16H,5,9-10,12-15,17H2,1H3. The summed E-state index contributed by atoms with van der Waals surface area (Å²) in [4.78, 5) is 28.4. The molecule has 0 N–H and O–H groups in total. The maximum atomic E-state index is 12.5. The van der Waals surface area contributed by atoms with Crippen LogP contribution in [0.25, 0.3) is 0 Å². The number of hydrogen-bond donors (Lipinski definition) is 0. The van der Waals surface area contributed by atoms with Crippen LogP contribution in [0.5, 0.6) is 0 Å². The van der Waals surface area contributed by atoms with Gasteiger partial charge in [0, 0.05) is 39.6 Å². The van der Waals surface area contributed by atoms with Gasteiger partial charge in [0.1, 0.15) is 4.21 Å². The van der Waals surface area contributed by atoms with Crippen molar-refractivity contribution in [3.63, 3.8) is 0 Å². The zero-order chi connectivity index (χ0) is 21.6. The number of sulfonamides is 1. The van der Waals surface area contributed by atoms with Gasteiger partial charge in [-0.15, -0.1) is 11.3 Å². The summed E-state index contributed by atoms with van der Waals surface area (Å²) in [5.41, 5.74) is 1.22. The summed E-state index contributed by atoms with van der Waals surface area (Å²) in [6, 6.07) is 13.3. The number of carbonyl (C=O) groups is 2. The molecule has 1 aromatic carbocycles. The van der Waals surface area contributed by atoms with Crippen molar-refractivity contribution in [2.75, 3.05) is 39.8 Å². The monoisotopic (exact) mass is 449 g/mol. The third-order valence-corrected chi connectivity index (χ3v) is 8.38. The highest BCUT2D eigenvalue weighted by Gasteiger charge is 2.28. The molecule has 1 saturated heterocycles. The number of likely N-dealkylation sites (N-methyl/N-ethyl adjacent to an activating group) is 1. The van der Waals surface area contributed by atoms with Gasteiger partial charge in [-0.05, 0) is 29.9 Å². The number of carbonyl (C=O) groups excluding carboxylic acids is 2. The molecule has 0 unspecified atom stereocenters. The minimum atomic E-state index is -3.65. The largest absolute Gasteiger partial charge is 0.339 e. The SMILES string of the molecule is CN(CC(=O)N1CCN(C(=O)CCCc2ccccc2)CC1)S(=O)(=O)c1cccs1. The summed E-state index contributed by atoms with van der Waals surface area (Å²) in [5.74, 6) is -0.135. The van der Waals surface area contributed by atoms with E-state index in [9.17, 15) is 18.0 Å². The topological polar surface area (TPSA) is 78.0 Å². The predicted molar refractivity (Wildman–Crippen MR) is 117 cm³/mol. The van der Waals surface area contributed by atoms with Crippen molar-refractivity contribution in [3.8, 4) is 0 Å². The van der Waals surface area contributed by atoms with Gasteiger partial charge >= 0.3 is 0 Å². The van der Waals surface area contributed by atoms with Crippen LogP contribution in [0.4, 0.5) is 0 Å². The lowest BCUT2D eigenvalue weighted by Crippen LogP contribution is -2.52. The average molecular weight is 450 g/mol. The highest BCUT2D eigenvalue weighted by atomic mass is 32.2. The fourth-order valence-corrected chi connectivity index (χ4v) is 5.71. The van der Waals surface area contributed by atoms with E-state index in [2.05, 4.69) is 12.1 Å². The number of aryl methyl sites for hydroxylation is 1. The van der Waals surface area contributed by atoms with Crippen LogP contribution >= 0.6 is 11.3 Å². The molecule has 3 rings (SSSR count). The first-order valence-electron chi connectivity index (χ1n) is 9.97. The van der Waals surface area contributed by atoms with Gasteiger partial charge in [0.2, 0.25) is 11.8 Å². The molecule has 0 spiro atoms. The van der Waals surface area contributed by atoms with E-state index in [1.54, 1.807) is 21.2 Å². The van der Waals surface area contributed by atoms with Crippen LogP contribution in [0.3, 0.4) is 0 Å². The van der Waals surface area contributed by atoms with E-state index in [-0.39, 0.29) is 22.6 Å². The second-order valence-corrected chi connectivity index (χ2v) is 10.5. The van der Waals surface area contributed by atoms with Gasteiger partial charge in [-0.1, -0.05) is 36.4 Å². The second kappa shape index (κ2) is 10.2. The zero-order valence-corrected chi connectivity index (χ0v) is 18.7. The molecule has 162 valence electrons. The summed E-state index contributed by atoms with van der Waals surface area (Å²) < 4.78 is 26.2. The lowest BCUT2D eigenvalue weighted by molar-refractivity contribution is -0.139. The molecule has 1 fully saturated rings. The summed E-state index contributed by atoms with van der Waals surface area (Å²) in [6.07, 6.45) is 2.16. The van der Waals surface area contributed by atoms with E-state index in [0.717, 1.165) is 28.5 Å². The Balaban J connectivity index is 1.42. The van der Waals surface area contributed by atoms with Gasteiger partial charge in [0.15, 0.2) is 0 Å². The van der Waals surface area contributed by atoms with Crippen molar-refractivity contribution < 1.29 is 18.0 Å². The molecule has 0 radical (unpaired) electrons. The third-order valence-electron chi connectivity index (χ3n) is 5.20. The van der Waals surface area contributed by atoms with Crippen LogP contribution in [0.1, 0.15) is 18.4 Å². The molecule has 0 atom stereocenters. The first-order chi connectivity index (χ1) is 14.4. The number of rotatable bonds is 8. The van der Waals surface area contributed by atoms with Crippen LogP contribution < -0.4 is 0 Å². The van der Waals surface area contributed by atoms with Crippen molar-refractivity contribution in [2.24, 2.45) is 0 Å². The van der Waals surface area contributed by atoms with Gasteiger partial charge < -0.3 is 9.80 Å². The highest BCUT2D eigenvalue weighted by Crippen LogP contribution is 2.20. The molecule has 1 aliphatic rings. The Morgan fingerprint density at radius 3 is 2.20 bits per heavy atom. The number of benzene rings is 1. The normalized spacial score (nSPS) is 14.9. The van der Waals surface area contributed by atoms with E-state index < -0.39 is 10.0 Å². The first kappa shape index (κ1) is 22.5. The second-order valence-electron chi connectivity index (χ2n) is 7.29. The molecule has 7 nitrogen and oxygen atoms in total. The Labute approximate surface area is 182 Å². The summed E-state index contributed by atoms with van der Waals surface area (Å²) in [5, 5.41) is 1.69. The lowest BCUT2D eigenvalue weighted by atomic mass is 10.1. The predicted octanol–water partition coefficient (Wildman–Crippen LogP) is 2.06. The van der Waals surface area contributed by atoms with E-state index in [0.29, 0.717) is 32.6 Å². The van der Waals surface area contributed by atoms with Crippen molar-refractivity contribution in [3.05, 3.63) is 53.4 Å². The van der Waals surface area contributed by atoms with Crippen LogP contribution in [-0.4, -0.2) is 74.1 Å². The molecule has 0 saturated carbocycles. The van der Waals surface area contributed by atoms with Crippen molar-refractivity contribution in [2.45, 2.75) is 23.5 Å². The van der Waals surface area contributed by atoms with Crippen LogP contribution in [0.2, 0.25) is 0 Å². The van der Waals surface area contributed by atoms with Crippen molar-refractivity contribution in [1.29, 1.82) is 0 Å². The number of hydrogen-bond acceptors (Lipinski definition) is 5. The minimum Gasteiger partial charge on any atom is -0.339 e. The Morgan fingerprint density at radius 1 is 0.967 bits per heavy atom. The van der Waals surface area contributed by atoms with Crippen LogP contribution in [0, 0.1) is 0 Å². The van der Waals surface area contributed by atoms with Crippen molar-refractivity contribution >= 4 is 33.2 Å². The number of amides is 2. The first-order valence-corrected chi connectivity index (χ1v) is 12.3. The summed E-state index contributed by atoms with van der Waals surface area (Å²) in [6.45, 7) is 1.62. The molecule has 9 heteroatoms. The Kier molecular flexibility index (Phi) is 7.63. The van der Waals surface area contributed by atoms with Gasteiger partial charge in [-0.2, -0.15) is 4.31 Å². The van der Waals surface area contributed by atoms with E-state index in [1.165, 1.54) is 18.7 Å². The molecule has 1 aliphatic heterocycles. The maximum Gasteiger partial charge on any atom is 0.252 e.